The Bertz CT molecular complexity index is 1490. The van der Waals surface area contributed by atoms with Crippen LogP contribution in [0.1, 0.15) is 51.2 Å². The van der Waals surface area contributed by atoms with Crippen molar-refractivity contribution in [3.05, 3.63) is 51.8 Å². The summed E-state index contributed by atoms with van der Waals surface area (Å²) in [6.07, 6.45) is 8.86. The van der Waals surface area contributed by atoms with Crippen molar-refractivity contribution in [2.24, 2.45) is 33.3 Å². The summed E-state index contributed by atoms with van der Waals surface area (Å²) < 4.78 is 11.3. The number of nitro groups is 1. The van der Waals surface area contributed by atoms with E-state index in [0.29, 0.717) is 23.1 Å². The number of nitrogens with one attached hydrogen (secondary N) is 1. The molecule has 11 heteroatoms. The van der Waals surface area contributed by atoms with Gasteiger partial charge in [-0.3, -0.25) is 20.3 Å². The fraction of sp³-hybridized carbons (Fsp3) is 0.429. The Balaban J connectivity index is 1.16. The molecule has 4 bridgehead atoms. The van der Waals surface area contributed by atoms with Crippen LogP contribution in [-0.2, 0) is 4.79 Å². The smallest absolute Gasteiger partial charge is 0.284 e. The number of carbonyl (C=O) groups is 1. The lowest BCUT2D eigenvalue weighted by Gasteiger charge is -2.56. The standard InChI is InChI=1S/C28H27N5O5S/c1-2-37-18-3-5-20(22(11-18)33(35)36)23-6-4-19(38-23)10-21-24(29)32-27(30-25(21)34)39-26(31-32)28-12-15-7-16(13-28)9-17(8-15)14-28/h3-6,10-11,15-17,29H,2,7-9,12-14H2,1H3/b21-10-,29-24?. The second-order valence-electron chi connectivity index (χ2n) is 11.2. The number of rotatable bonds is 6. The second kappa shape index (κ2) is 8.90. The van der Waals surface area contributed by atoms with Crippen LogP contribution in [0.4, 0.5) is 5.69 Å². The molecule has 4 saturated carbocycles. The van der Waals surface area contributed by atoms with Gasteiger partial charge in [-0.25, -0.2) is 0 Å². The first-order chi connectivity index (χ1) is 18.8. The number of nitrogens with zero attached hydrogens (tertiary/aromatic N) is 4. The van der Waals surface area contributed by atoms with Crippen molar-refractivity contribution < 1.29 is 18.9 Å². The molecular weight excluding hydrogens is 518 g/mol. The number of hydrogen-bond donors (Lipinski definition) is 1. The zero-order valence-corrected chi connectivity index (χ0v) is 22.2. The monoisotopic (exact) mass is 545 g/mol. The lowest BCUT2D eigenvalue weighted by molar-refractivity contribution is -0.384. The number of aliphatic imine (C=N–C) groups is 1. The minimum atomic E-state index is -0.522. The molecule has 3 heterocycles. The number of amides is 1. The Labute approximate surface area is 228 Å². The minimum Gasteiger partial charge on any atom is -0.494 e. The van der Waals surface area contributed by atoms with E-state index < -0.39 is 10.8 Å². The molecule has 1 amide bonds. The lowest BCUT2D eigenvalue weighted by Crippen LogP contribution is -2.49. The van der Waals surface area contributed by atoms with Crippen LogP contribution >= 0.6 is 11.8 Å². The summed E-state index contributed by atoms with van der Waals surface area (Å²) in [6.45, 7) is 2.20. The maximum absolute atomic E-state index is 13.0. The van der Waals surface area contributed by atoms with Gasteiger partial charge in [-0.05, 0) is 105 Å². The number of fused-ring (bicyclic) bond motifs is 1. The van der Waals surface area contributed by atoms with Gasteiger partial charge in [0, 0.05) is 5.41 Å². The Kier molecular flexibility index (Phi) is 5.55. The topological polar surface area (TPSA) is 134 Å². The first kappa shape index (κ1) is 24.3. The molecule has 2 aromatic rings. The van der Waals surface area contributed by atoms with E-state index in [0.717, 1.165) is 42.1 Å². The number of thioether (sulfide) groups is 1. The highest BCUT2D eigenvalue weighted by Crippen LogP contribution is 2.62. The third-order valence-electron chi connectivity index (χ3n) is 8.60. The summed E-state index contributed by atoms with van der Waals surface area (Å²) in [6, 6.07) is 7.81. The summed E-state index contributed by atoms with van der Waals surface area (Å²) in [7, 11) is 0. The fourth-order valence-electron chi connectivity index (χ4n) is 7.42. The van der Waals surface area contributed by atoms with Crippen molar-refractivity contribution in [1.82, 2.24) is 5.01 Å². The van der Waals surface area contributed by atoms with E-state index >= 15 is 0 Å². The number of hydrogen-bond acceptors (Lipinski definition) is 8. The van der Waals surface area contributed by atoms with Gasteiger partial charge in [0.25, 0.3) is 11.6 Å². The van der Waals surface area contributed by atoms with Crippen molar-refractivity contribution in [3.63, 3.8) is 0 Å². The summed E-state index contributed by atoms with van der Waals surface area (Å²) in [5.41, 5.74) is 0.261. The molecule has 4 fully saturated rings. The molecule has 0 radical (unpaired) electrons. The van der Waals surface area contributed by atoms with Gasteiger partial charge >= 0.3 is 0 Å². The Morgan fingerprint density at radius 1 is 1.21 bits per heavy atom. The number of benzene rings is 1. The van der Waals surface area contributed by atoms with Crippen molar-refractivity contribution in [2.75, 3.05) is 6.61 Å². The van der Waals surface area contributed by atoms with Gasteiger partial charge in [0.15, 0.2) is 5.84 Å². The van der Waals surface area contributed by atoms with E-state index in [9.17, 15) is 14.9 Å². The molecule has 0 atom stereocenters. The van der Waals surface area contributed by atoms with Crippen LogP contribution in [0.3, 0.4) is 0 Å². The summed E-state index contributed by atoms with van der Waals surface area (Å²) in [5, 5.41) is 28.3. The summed E-state index contributed by atoms with van der Waals surface area (Å²) in [4.78, 5) is 28.5. The molecule has 6 aliphatic rings. The van der Waals surface area contributed by atoms with Crippen molar-refractivity contribution in [3.8, 4) is 17.1 Å². The maximum atomic E-state index is 13.0. The predicted octanol–water partition coefficient (Wildman–Crippen LogP) is 6.09. The van der Waals surface area contributed by atoms with Crippen LogP contribution < -0.4 is 4.74 Å². The van der Waals surface area contributed by atoms with Crippen LogP contribution in [-0.4, -0.2) is 38.5 Å². The third-order valence-corrected chi connectivity index (χ3v) is 9.76. The van der Waals surface area contributed by atoms with E-state index in [4.69, 9.17) is 19.7 Å². The third kappa shape index (κ3) is 4.02. The van der Waals surface area contributed by atoms with Gasteiger partial charge in [0.05, 0.1) is 28.7 Å². The largest absolute Gasteiger partial charge is 0.494 e. The molecule has 39 heavy (non-hydrogen) atoms. The SMILES string of the molecule is CCOc1ccc(-c2ccc(/C=C3/C(=N)N4N=C(C56CC7CC(CC(C7)C5)C6)SC4=NC3=O)o2)c([N+](=O)[O-])c1. The molecule has 4 aliphatic carbocycles. The molecule has 1 aromatic carbocycles. The van der Waals surface area contributed by atoms with E-state index in [-0.39, 0.29) is 34.0 Å². The number of furan rings is 1. The van der Waals surface area contributed by atoms with Gasteiger partial charge in [-0.15, -0.1) is 0 Å². The lowest BCUT2D eigenvalue weighted by atomic mass is 9.50. The highest BCUT2D eigenvalue weighted by molar-refractivity contribution is 8.27. The van der Waals surface area contributed by atoms with Crippen molar-refractivity contribution in [2.45, 2.75) is 45.4 Å². The normalized spacial score (nSPS) is 30.0. The molecule has 1 N–H and O–H groups in total. The molecule has 0 saturated heterocycles. The molecular formula is C28H27N5O5S. The molecule has 10 nitrogen and oxygen atoms in total. The first-order valence-electron chi connectivity index (χ1n) is 13.3. The zero-order valence-electron chi connectivity index (χ0n) is 21.4. The van der Waals surface area contributed by atoms with Crippen LogP contribution in [0.25, 0.3) is 17.4 Å². The van der Waals surface area contributed by atoms with E-state index in [1.54, 1.807) is 31.2 Å². The molecule has 8 rings (SSSR count). The molecule has 2 aliphatic heterocycles. The molecule has 200 valence electrons. The van der Waals surface area contributed by atoms with E-state index in [1.807, 2.05) is 0 Å². The second-order valence-corrected chi connectivity index (χ2v) is 12.2. The van der Waals surface area contributed by atoms with Gasteiger partial charge in [-0.1, -0.05) is 0 Å². The number of amidine groups is 2. The Morgan fingerprint density at radius 2 is 1.92 bits per heavy atom. The molecule has 1 aromatic heterocycles. The predicted molar refractivity (Wildman–Crippen MR) is 148 cm³/mol. The van der Waals surface area contributed by atoms with Crippen molar-refractivity contribution >= 4 is 45.5 Å². The van der Waals surface area contributed by atoms with Crippen LogP contribution in [0, 0.1) is 38.7 Å². The molecule has 0 spiro atoms. The van der Waals surface area contributed by atoms with Gasteiger partial charge < -0.3 is 9.15 Å². The van der Waals surface area contributed by atoms with Gasteiger partial charge in [0.2, 0.25) is 5.17 Å². The maximum Gasteiger partial charge on any atom is 0.284 e. The van der Waals surface area contributed by atoms with Gasteiger partial charge in [0.1, 0.15) is 22.3 Å². The average molecular weight is 546 g/mol. The quantitative estimate of drug-likeness (QED) is 0.264. The van der Waals surface area contributed by atoms with E-state index in [2.05, 4.69) is 4.99 Å². The highest BCUT2D eigenvalue weighted by atomic mass is 32.2. The first-order valence-corrected chi connectivity index (χ1v) is 14.2. The Hall–Kier alpha value is -3.73. The van der Waals surface area contributed by atoms with E-state index in [1.165, 1.54) is 48.2 Å². The molecule has 0 unspecified atom stereocenters. The Morgan fingerprint density at radius 3 is 2.59 bits per heavy atom. The van der Waals surface area contributed by atoms with Crippen LogP contribution in [0.5, 0.6) is 5.75 Å². The number of ether oxygens (including phenoxy) is 1. The zero-order chi connectivity index (χ0) is 26.9. The van der Waals surface area contributed by atoms with Crippen molar-refractivity contribution in [1.29, 1.82) is 5.41 Å². The summed E-state index contributed by atoms with van der Waals surface area (Å²) >= 11 is 1.45. The van der Waals surface area contributed by atoms with Crippen LogP contribution in [0.15, 0.2) is 50.4 Å². The van der Waals surface area contributed by atoms with Crippen LogP contribution in [0.2, 0.25) is 0 Å². The number of nitro benzene ring substituents is 1. The summed E-state index contributed by atoms with van der Waals surface area (Å²) in [5.74, 6) is 2.67. The average Bonchev–Trinajstić information content (AvgIpc) is 3.54. The minimum absolute atomic E-state index is 0.0396. The number of hydrazone groups is 1. The fourth-order valence-corrected chi connectivity index (χ4v) is 8.53. The number of carbonyl (C=O) groups excluding carboxylic acids is 1. The highest BCUT2D eigenvalue weighted by Gasteiger charge is 2.55. The van der Waals surface area contributed by atoms with Gasteiger partial charge in [-0.2, -0.15) is 15.1 Å².